The van der Waals surface area contributed by atoms with Crippen LogP contribution in [0.4, 0.5) is 8.78 Å². The van der Waals surface area contributed by atoms with Crippen LogP contribution in [-0.2, 0) is 31.6 Å². The Labute approximate surface area is 191 Å². The van der Waals surface area contributed by atoms with Crippen LogP contribution >= 0.6 is 0 Å². The molecule has 10 heteroatoms. The van der Waals surface area contributed by atoms with E-state index in [4.69, 9.17) is 14.6 Å². The standard InChI is InChI=1S/C23H27F2NO6S/c24-20-10-19(23(14-31-15-23)32-13-18(28)12-27)21(25)9-17(20)11-26-8-4-7-22(33(26,29)30)16-5-2-1-3-6-16/h1-3,5-6,9-10,18,22,27-28H,4,7-8,11-15H2/t18?,22-/m1/s1. The second kappa shape index (κ2) is 9.73. The van der Waals surface area contributed by atoms with Crippen molar-refractivity contribution in [3.63, 3.8) is 0 Å². The predicted molar refractivity (Wildman–Crippen MR) is 116 cm³/mol. The molecule has 2 aromatic carbocycles. The zero-order valence-electron chi connectivity index (χ0n) is 18.0. The first kappa shape index (κ1) is 24.2. The molecule has 0 aliphatic carbocycles. The molecule has 0 spiro atoms. The Kier molecular flexibility index (Phi) is 7.13. The van der Waals surface area contributed by atoms with Crippen LogP contribution in [0.2, 0.25) is 0 Å². The number of aliphatic hydroxyl groups excluding tert-OH is 2. The highest BCUT2D eigenvalue weighted by Crippen LogP contribution is 2.38. The van der Waals surface area contributed by atoms with Crippen molar-refractivity contribution >= 4 is 10.0 Å². The molecule has 2 N–H and O–H groups in total. The zero-order valence-corrected chi connectivity index (χ0v) is 18.8. The van der Waals surface area contributed by atoms with Crippen molar-refractivity contribution in [2.24, 2.45) is 0 Å². The fraction of sp³-hybridized carbons (Fsp3) is 0.478. The van der Waals surface area contributed by atoms with Gasteiger partial charge in [0.2, 0.25) is 10.0 Å². The Morgan fingerprint density at radius 3 is 2.55 bits per heavy atom. The van der Waals surface area contributed by atoms with Crippen molar-refractivity contribution in [2.45, 2.75) is 36.3 Å². The molecule has 0 aromatic heterocycles. The number of aliphatic hydroxyl groups is 2. The minimum absolute atomic E-state index is 0.0277. The molecule has 0 saturated carbocycles. The van der Waals surface area contributed by atoms with Crippen molar-refractivity contribution in [1.82, 2.24) is 4.31 Å². The molecular formula is C23H27F2NO6S. The maximum Gasteiger partial charge on any atom is 0.221 e. The lowest BCUT2D eigenvalue weighted by Crippen LogP contribution is -2.51. The summed E-state index contributed by atoms with van der Waals surface area (Å²) in [5.41, 5.74) is -0.726. The van der Waals surface area contributed by atoms with E-state index in [1.807, 2.05) is 6.07 Å². The molecule has 33 heavy (non-hydrogen) atoms. The molecule has 2 saturated heterocycles. The molecule has 1 unspecified atom stereocenters. The number of ether oxygens (including phenoxy) is 2. The number of nitrogens with zero attached hydrogens (tertiary/aromatic N) is 1. The molecule has 4 rings (SSSR count). The van der Waals surface area contributed by atoms with Gasteiger partial charge in [-0.05, 0) is 30.5 Å². The minimum Gasteiger partial charge on any atom is -0.394 e. The van der Waals surface area contributed by atoms with E-state index in [1.165, 1.54) is 4.31 Å². The quantitative estimate of drug-likeness (QED) is 0.598. The molecule has 7 nitrogen and oxygen atoms in total. The first-order chi connectivity index (χ1) is 15.8. The van der Waals surface area contributed by atoms with Crippen LogP contribution < -0.4 is 0 Å². The largest absolute Gasteiger partial charge is 0.394 e. The maximum absolute atomic E-state index is 15.1. The molecule has 180 valence electrons. The molecule has 2 heterocycles. The lowest BCUT2D eigenvalue weighted by Gasteiger charge is -2.42. The second-order valence-corrected chi connectivity index (χ2v) is 10.6. The monoisotopic (exact) mass is 483 g/mol. The number of rotatable bonds is 8. The summed E-state index contributed by atoms with van der Waals surface area (Å²) in [5, 5.41) is 17.8. The summed E-state index contributed by atoms with van der Waals surface area (Å²) < 4.78 is 68.4. The lowest BCUT2D eigenvalue weighted by molar-refractivity contribution is -0.228. The van der Waals surface area contributed by atoms with Gasteiger partial charge in [0.1, 0.15) is 28.6 Å². The molecule has 2 aliphatic rings. The fourth-order valence-corrected chi connectivity index (χ4v) is 6.27. The van der Waals surface area contributed by atoms with Gasteiger partial charge in [-0.15, -0.1) is 0 Å². The Hall–Kier alpha value is -1.95. The van der Waals surface area contributed by atoms with E-state index >= 15 is 8.78 Å². The van der Waals surface area contributed by atoms with Crippen LogP contribution in [0.3, 0.4) is 0 Å². The highest BCUT2D eigenvalue weighted by atomic mass is 32.2. The highest BCUT2D eigenvalue weighted by Gasteiger charge is 2.45. The molecule has 2 aliphatic heterocycles. The summed E-state index contributed by atoms with van der Waals surface area (Å²) in [6.07, 6.45) is -0.0720. The zero-order chi connectivity index (χ0) is 23.6. The van der Waals surface area contributed by atoms with Crippen molar-refractivity contribution in [1.29, 1.82) is 0 Å². The smallest absolute Gasteiger partial charge is 0.221 e. The SMILES string of the molecule is O=S1(=O)[C@@H](c2ccccc2)CCCN1Cc1cc(F)c(C2(OCC(O)CO)COC2)cc1F. The van der Waals surface area contributed by atoms with Crippen LogP contribution in [0.15, 0.2) is 42.5 Å². The summed E-state index contributed by atoms with van der Waals surface area (Å²) in [6.45, 7) is -0.895. The van der Waals surface area contributed by atoms with E-state index in [2.05, 4.69) is 0 Å². The van der Waals surface area contributed by atoms with Gasteiger partial charge >= 0.3 is 0 Å². The van der Waals surface area contributed by atoms with Crippen molar-refractivity contribution in [3.8, 4) is 0 Å². The summed E-state index contributed by atoms with van der Waals surface area (Å²) in [4.78, 5) is 0. The highest BCUT2D eigenvalue weighted by molar-refractivity contribution is 7.89. The van der Waals surface area contributed by atoms with Gasteiger partial charge in [-0.3, -0.25) is 0 Å². The summed E-state index contributed by atoms with van der Waals surface area (Å²) in [6, 6.07) is 10.9. The molecule has 0 bridgehead atoms. The Morgan fingerprint density at radius 2 is 1.91 bits per heavy atom. The predicted octanol–water partition coefficient (Wildman–Crippen LogP) is 2.23. The molecule has 0 radical (unpaired) electrons. The third-order valence-corrected chi connectivity index (χ3v) is 8.43. The number of halogens is 2. The Bertz CT molecular complexity index is 1080. The van der Waals surface area contributed by atoms with Gasteiger partial charge in [0.05, 0.1) is 26.4 Å². The van der Waals surface area contributed by atoms with Crippen LogP contribution in [0, 0.1) is 11.6 Å². The van der Waals surface area contributed by atoms with E-state index in [0.717, 1.165) is 12.1 Å². The van der Waals surface area contributed by atoms with Crippen LogP contribution in [0.5, 0.6) is 0 Å². The average molecular weight is 484 g/mol. The third kappa shape index (κ3) is 4.82. The van der Waals surface area contributed by atoms with E-state index in [9.17, 15) is 13.5 Å². The normalized spacial score (nSPS) is 23.1. The van der Waals surface area contributed by atoms with Gasteiger partial charge in [-0.25, -0.2) is 17.2 Å². The number of hydrogen-bond donors (Lipinski definition) is 2. The van der Waals surface area contributed by atoms with Crippen LogP contribution in [0.1, 0.15) is 34.8 Å². The molecule has 2 aromatic rings. The average Bonchev–Trinajstić information content (AvgIpc) is 2.77. The topological polar surface area (TPSA) is 96.3 Å². The number of hydrogen-bond acceptors (Lipinski definition) is 6. The fourth-order valence-electron chi connectivity index (χ4n) is 4.25. The van der Waals surface area contributed by atoms with E-state index in [1.54, 1.807) is 24.3 Å². The molecule has 2 fully saturated rings. The number of sulfonamides is 1. The van der Waals surface area contributed by atoms with Crippen LogP contribution in [-0.4, -0.2) is 62.0 Å². The third-order valence-electron chi connectivity index (χ3n) is 6.17. The van der Waals surface area contributed by atoms with E-state index in [-0.39, 0.29) is 44.0 Å². The van der Waals surface area contributed by atoms with Gasteiger partial charge in [0, 0.05) is 24.2 Å². The molecule has 2 atom stereocenters. The second-order valence-electron chi connectivity index (χ2n) is 8.48. The van der Waals surface area contributed by atoms with Crippen molar-refractivity contribution in [2.75, 3.05) is 33.0 Å². The molecule has 0 amide bonds. The van der Waals surface area contributed by atoms with E-state index < -0.39 is 45.2 Å². The van der Waals surface area contributed by atoms with Gasteiger partial charge < -0.3 is 19.7 Å². The summed E-state index contributed by atoms with van der Waals surface area (Å²) in [7, 11) is -3.75. The summed E-state index contributed by atoms with van der Waals surface area (Å²) >= 11 is 0. The van der Waals surface area contributed by atoms with Crippen molar-refractivity contribution in [3.05, 3.63) is 70.8 Å². The lowest BCUT2D eigenvalue weighted by atomic mass is 9.90. The molecular weight excluding hydrogens is 456 g/mol. The van der Waals surface area contributed by atoms with Crippen LogP contribution in [0.25, 0.3) is 0 Å². The summed E-state index contributed by atoms with van der Waals surface area (Å²) in [5.74, 6) is -1.50. The Morgan fingerprint density at radius 1 is 1.18 bits per heavy atom. The van der Waals surface area contributed by atoms with Gasteiger partial charge in [-0.2, -0.15) is 4.31 Å². The Balaban J connectivity index is 1.56. The van der Waals surface area contributed by atoms with Gasteiger partial charge in [-0.1, -0.05) is 30.3 Å². The van der Waals surface area contributed by atoms with Crippen molar-refractivity contribution < 1.29 is 36.9 Å². The van der Waals surface area contributed by atoms with Gasteiger partial charge in [0.25, 0.3) is 0 Å². The first-order valence-electron chi connectivity index (χ1n) is 10.8. The first-order valence-corrected chi connectivity index (χ1v) is 12.3. The maximum atomic E-state index is 15.1. The van der Waals surface area contributed by atoms with Gasteiger partial charge in [0.15, 0.2) is 0 Å². The number of benzene rings is 2. The van der Waals surface area contributed by atoms with E-state index in [0.29, 0.717) is 18.4 Å². The minimum atomic E-state index is -3.75.